The molecule has 1 atom stereocenters. The maximum absolute atomic E-state index is 13.8. The van der Waals surface area contributed by atoms with Crippen LogP contribution in [0.15, 0.2) is 76.4 Å². The number of aliphatic hydroxyl groups is 1. The Kier molecular flexibility index (Phi) is 6.35. The molecule has 1 aromatic heterocycles. The molecule has 0 aliphatic carbocycles. The van der Waals surface area contributed by atoms with Gasteiger partial charge in [-0.3, -0.25) is 14.5 Å². The lowest BCUT2D eigenvalue weighted by Crippen LogP contribution is -2.31. The van der Waals surface area contributed by atoms with Gasteiger partial charge in [-0.25, -0.2) is 0 Å². The van der Waals surface area contributed by atoms with Gasteiger partial charge < -0.3 is 19.0 Å². The summed E-state index contributed by atoms with van der Waals surface area (Å²) in [6, 6.07) is 15.6. The van der Waals surface area contributed by atoms with Gasteiger partial charge in [-0.1, -0.05) is 35.3 Å². The van der Waals surface area contributed by atoms with E-state index in [9.17, 15) is 14.7 Å². The number of amides is 1. The number of carbonyl (C=O) groups is 2. The third kappa shape index (κ3) is 4.20. The number of anilines is 1. The second-order valence-electron chi connectivity index (χ2n) is 8.51. The molecule has 0 saturated carbocycles. The van der Waals surface area contributed by atoms with Crippen LogP contribution >= 0.6 is 23.2 Å². The molecule has 0 spiro atoms. The van der Waals surface area contributed by atoms with Gasteiger partial charge in [0.2, 0.25) is 5.78 Å². The molecular formula is C28H21Cl2NO6. The van der Waals surface area contributed by atoms with Crippen LogP contribution < -0.4 is 14.4 Å². The van der Waals surface area contributed by atoms with Crippen LogP contribution in [0.5, 0.6) is 11.5 Å². The first kappa shape index (κ1) is 24.7. The summed E-state index contributed by atoms with van der Waals surface area (Å²) in [4.78, 5) is 28.7. The fourth-order valence-electron chi connectivity index (χ4n) is 4.52. The highest BCUT2D eigenvalue weighted by Crippen LogP contribution is 2.45. The highest BCUT2D eigenvalue weighted by atomic mass is 35.5. The van der Waals surface area contributed by atoms with E-state index in [1.807, 2.05) is 6.92 Å². The van der Waals surface area contributed by atoms with Gasteiger partial charge in [0.1, 0.15) is 5.58 Å². The van der Waals surface area contributed by atoms with Gasteiger partial charge in [0.15, 0.2) is 23.0 Å². The maximum atomic E-state index is 13.8. The molecule has 7 nitrogen and oxygen atoms in total. The summed E-state index contributed by atoms with van der Waals surface area (Å²) in [5.41, 5.74) is 1.99. The van der Waals surface area contributed by atoms with Crippen molar-refractivity contribution < 1.29 is 28.6 Å². The number of benzene rings is 3. The number of ketones is 1. The molecule has 1 amide bonds. The number of rotatable bonds is 6. The number of fused-ring (bicyclic) bond motifs is 1. The number of nitrogens with zero attached hydrogens (tertiary/aromatic N) is 1. The number of furan rings is 1. The van der Waals surface area contributed by atoms with E-state index < -0.39 is 23.5 Å². The highest BCUT2D eigenvalue weighted by Gasteiger charge is 2.46. The van der Waals surface area contributed by atoms with Crippen molar-refractivity contribution in [2.45, 2.75) is 13.0 Å². The van der Waals surface area contributed by atoms with Gasteiger partial charge in [-0.2, -0.15) is 0 Å². The molecule has 1 N–H and O–H groups in total. The van der Waals surface area contributed by atoms with Gasteiger partial charge in [-0.05, 0) is 66.6 Å². The second kappa shape index (κ2) is 9.50. The zero-order chi connectivity index (χ0) is 26.4. The summed E-state index contributed by atoms with van der Waals surface area (Å²) in [6.45, 7) is 1.81. The largest absolute Gasteiger partial charge is 0.503 e. The normalized spacial score (nSPS) is 15.5. The Bertz CT molecular complexity index is 1610. The van der Waals surface area contributed by atoms with Crippen LogP contribution in [0, 0.1) is 6.92 Å². The van der Waals surface area contributed by atoms with Crippen molar-refractivity contribution in [2.24, 2.45) is 0 Å². The number of aryl methyl sites for hydroxylation is 1. The average Bonchev–Trinajstić information content (AvgIpc) is 3.43. The average molecular weight is 538 g/mol. The lowest BCUT2D eigenvalue weighted by Gasteiger charge is -2.28. The molecule has 37 heavy (non-hydrogen) atoms. The summed E-state index contributed by atoms with van der Waals surface area (Å²) < 4.78 is 16.6. The van der Waals surface area contributed by atoms with Crippen LogP contribution in [0.25, 0.3) is 11.0 Å². The summed E-state index contributed by atoms with van der Waals surface area (Å²) in [6.07, 6.45) is 0. The van der Waals surface area contributed by atoms with Crippen LogP contribution in [-0.4, -0.2) is 31.0 Å². The van der Waals surface area contributed by atoms with Gasteiger partial charge in [-0.15, -0.1) is 0 Å². The number of carbonyl (C=O) groups excluding carboxylic acids is 2. The minimum atomic E-state index is -1.01. The number of Topliss-reactive ketones (excluding diaryl/α,β-unsaturated/α-hetero) is 1. The van der Waals surface area contributed by atoms with Crippen molar-refractivity contribution >= 4 is 51.5 Å². The highest BCUT2D eigenvalue weighted by molar-refractivity contribution is 6.31. The predicted octanol–water partition coefficient (Wildman–Crippen LogP) is 6.85. The Morgan fingerprint density at radius 1 is 0.946 bits per heavy atom. The number of methoxy groups -OCH3 is 2. The summed E-state index contributed by atoms with van der Waals surface area (Å²) in [7, 11) is 2.99. The van der Waals surface area contributed by atoms with Gasteiger partial charge in [0, 0.05) is 21.1 Å². The molecule has 5 rings (SSSR count). The Labute approximate surface area is 222 Å². The number of halogens is 2. The van der Waals surface area contributed by atoms with Crippen molar-refractivity contribution in [2.75, 3.05) is 19.1 Å². The topological polar surface area (TPSA) is 89.2 Å². The zero-order valence-electron chi connectivity index (χ0n) is 20.0. The van der Waals surface area contributed by atoms with E-state index in [0.717, 1.165) is 5.56 Å². The predicted molar refractivity (Wildman–Crippen MR) is 141 cm³/mol. The van der Waals surface area contributed by atoms with Crippen molar-refractivity contribution in [1.82, 2.24) is 0 Å². The van der Waals surface area contributed by atoms with E-state index in [2.05, 4.69) is 0 Å². The van der Waals surface area contributed by atoms with E-state index in [1.165, 1.54) is 25.2 Å². The van der Waals surface area contributed by atoms with Crippen molar-refractivity contribution in [3.63, 3.8) is 0 Å². The molecule has 1 aliphatic heterocycles. The summed E-state index contributed by atoms with van der Waals surface area (Å²) in [5.74, 6) is -1.24. The fraction of sp³-hybridized carbons (Fsp3) is 0.143. The number of hydrogen-bond donors (Lipinski definition) is 1. The molecule has 188 valence electrons. The number of aliphatic hydroxyl groups excluding tert-OH is 1. The summed E-state index contributed by atoms with van der Waals surface area (Å²) in [5, 5.41) is 12.6. The monoisotopic (exact) mass is 537 g/mol. The maximum Gasteiger partial charge on any atom is 0.294 e. The molecule has 0 saturated heterocycles. The molecule has 4 aromatic rings. The van der Waals surface area contributed by atoms with Gasteiger partial charge in [0.25, 0.3) is 5.91 Å². The van der Waals surface area contributed by atoms with E-state index in [4.69, 9.17) is 37.1 Å². The van der Waals surface area contributed by atoms with E-state index in [0.29, 0.717) is 43.8 Å². The number of hydrogen-bond acceptors (Lipinski definition) is 6. The van der Waals surface area contributed by atoms with Gasteiger partial charge >= 0.3 is 0 Å². The minimum Gasteiger partial charge on any atom is -0.503 e. The third-order valence-electron chi connectivity index (χ3n) is 6.31. The lowest BCUT2D eigenvalue weighted by atomic mass is 9.94. The van der Waals surface area contributed by atoms with Crippen molar-refractivity contribution in [1.29, 1.82) is 0 Å². The minimum absolute atomic E-state index is 0.0400. The van der Waals surface area contributed by atoms with E-state index in [-0.39, 0.29) is 11.3 Å². The molecule has 3 aromatic carbocycles. The Hall–Kier alpha value is -3.94. The summed E-state index contributed by atoms with van der Waals surface area (Å²) >= 11 is 12.4. The van der Waals surface area contributed by atoms with Crippen LogP contribution in [0.3, 0.4) is 0 Å². The quantitative estimate of drug-likeness (QED) is 0.270. The first-order chi connectivity index (χ1) is 17.7. The van der Waals surface area contributed by atoms with Crippen LogP contribution in [0.2, 0.25) is 10.0 Å². The van der Waals surface area contributed by atoms with Crippen LogP contribution in [-0.2, 0) is 4.79 Å². The van der Waals surface area contributed by atoms with E-state index in [1.54, 1.807) is 54.6 Å². The third-order valence-corrected chi connectivity index (χ3v) is 6.78. The molecule has 1 aliphatic rings. The second-order valence-corrected chi connectivity index (χ2v) is 9.38. The molecule has 0 bridgehead atoms. The Balaban J connectivity index is 1.71. The molecule has 1 unspecified atom stereocenters. The molecule has 0 radical (unpaired) electrons. The standard InChI is InChI=1S/C28H21Cl2NO6/c1-14-4-6-18(30)13-19(14)31-25(15-5-8-21(35-2)22(11-15)36-3)24(27(33)28(31)34)26(32)23-12-16-10-17(29)7-9-20(16)37-23/h4-13,25,33H,1-3H3. The van der Waals surface area contributed by atoms with Crippen LogP contribution in [0.4, 0.5) is 5.69 Å². The molecule has 2 heterocycles. The van der Waals surface area contributed by atoms with E-state index >= 15 is 0 Å². The zero-order valence-corrected chi connectivity index (χ0v) is 21.6. The molecule has 9 heteroatoms. The Morgan fingerprint density at radius 2 is 1.65 bits per heavy atom. The molecular weight excluding hydrogens is 517 g/mol. The van der Waals surface area contributed by atoms with Crippen molar-refractivity contribution in [3.8, 4) is 11.5 Å². The first-order valence-corrected chi connectivity index (χ1v) is 12.0. The first-order valence-electron chi connectivity index (χ1n) is 11.2. The van der Waals surface area contributed by atoms with Gasteiger partial charge in [0.05, 0.1) is 25.8 Å². The smallest absolute Gasteiger partial charge is 0.294 e. The Morgan fingerprint density at radius 3 is 2.38 bits per heavy atom. The fourth-order valence-corrected chi connectivity index (χ4v) is 4.87. The number of ether oxygens (including phenoxy) is 2. The van der Waals surface area contributed by atoms with Crippen molar-refractivity contribution in [3.05, 3.63) is 98.9 Å². The molecule has 0 fully saturated rings. The SMILES string of the molecule is COc1ccc(C2C(C(=O)c3cc4cc(Cl)ccc4o3)=C(O)C(=O)N2c2cc(Cl)ccc2C)cc1OC. The lowest BCUT2D eigenvalue weighted by molar-refractivity contribution is -0.117. The van der Waals surface area contributed by atoms with Crippen LogP contribution in [0.1, 0.15) is 27.7 Å².